The van der Waals surface area contributed by atoms with Crippen LogP contribution >= 0.6 is 0 Å². The number of amides is 1. The topological polar surface area (TPSA) is 71.0 Å². The molecule has 6 heteroatoms. The Hall–Kier alpha value is -3.28. The number of nitrogens with one attached hydrogen (secondary N) is 1. The monoisotopic (exact) mass is 347 g/mol. The molecule has 0 saturated carbocycles. The number of likely N-dealkylation sites (N-methyl/N-ethyl adjacent to an activating group) is 1. The molecule has 0 saturated heterocycles. The average molecular weight is 347 g/mol. The Morgan fingerprint density at radius 3 is 2.54 bits per heavy atom. The van der Waals surface area contributed by atoms with E-state index in [0.29, 0.717) is 11.6 Å². The van der Waals surface area contributed by atoms with Gasteiger partial charge in [0, 0.05) is 37.4 Å². The van der Waals surface area contributed by atoms with Crippen LogP contribution < -0.4 is 10.2 Å². The third kappa shape index (κ3) is 4.63. The average Bonchev–Trinajstić information content (AvgIpc) is 2.67. The zero-order valence-electron chi connectivity index (χ0n) is 14.9. The Balaban J connectivity index is 1.71. The summed E-state index contributed by atoms with van der Waals surface area (Å²) in [5, 5.41) is 2.85. The van der Waals surface area contributed by atoms with Gasteiger partial charge in [-0.05, 0) is 49.2 Å². The van der Waals surface area contributed by atoms with E-state index < -0.39 is 0 Å². The van der Waals surface area contributed by atoms with Crippen LogP contribution in [0.25, 0.3) is 0 Å². The van der Waals surface area contributed by atoms with Crippen LogP contribution in [-0.2, 0) is 6.42 Å². The molecular formula is C20H21N5O. The van der Waals surface area contributed by atoms with Gasteiger partial charge in [0.25, 0.3) is 5.91 Å². The zero-order chi connectivity index (χ0) is 18.4. The Morgan fingerprint density at radius 2 is 1.81 bits per heavy atom. The fraction of sp³-hybridized carbons (Fsp3) is 0.200. The van der Waals surface area contributed by atoms with Crippen LogP contribution in [0.2, 0.25) is 0 Å². The highest BCUT2D eigenvalue weighted by atomic mass is 16.1. The summed E-state index contributed by atoms with van der Waals surface area (Å²) in [4.78, 5) is 27.4. The lowest BCUT2D eigenvalue weighted by Crippen LogP contribution is -2.24. The van der Waals surface area contributed by atoms with Crippen LogP contribution in [0, 0.1) is 6.92 Å². The van der Waals surface area contributed by atoms with Crippen molar-refractivity contribution in [3.63, 3.8) is 0 Å². The second-order valence-electron chi connectivity index (χ2n) is 6.04. The highest BCUT2D eigenvalue weighted by Crippen LogP contribution is 2.12. The standard InChI is InChI=1S/C20H21N5O/c1-15-14-18(19(26)23-17-6-4-3-5-7-17)24-20(22-15)25(2)13-10-16-8-11-21-12-9-16/h3-9,11-12,14H,10,13H2,1-2H3,(H,23,26). The lowest BCUT2D eigenvalue weighted by atomic mass is 10.2. The van der Waals surface area contributed by atoms with Gasteiger partial charge in [0.15, 0.2) is 0 Å². The normalized spacial score (nSPS) is 10.4. The highest BCUT2D eigenvalue weighted by molar-refractivity contribution is 6.03. The fourth-order valence-electron chi connectivity index (χ4n) is 2.50. The van der Waals surface area contributed by atoms with Gasteiger partial charge in [-0.1, -0.05) is 18.2 Å². The van der Waals surface area contributed by atoms with Crippen LogP contribution in [-0.4, -0.2) is 34.5 Å². The molecular weight excluding hydrogens is 326 g/mol. The highest BCUT2D eigenvalue weighted by Gasteiger charge is 2.13. The van der Waals surface area contributed by atoms with E-state index in [1.54, 1.807) is 18.5 Å². The molecule has 1 N–H and O–H groups in total. The van der Waals surface area contributed by atoms with Gasteiger partial charge in [-0.25, -0.2) is 9.97 Å². The lowest BCUT2D eigenvalue weighted by molar-refractivity contribution is 0.102. The molecule has 0 aliphatic heterocycles. The molecule has 0 atom stereocenters. The SMILES string of the molecule is Cc1cc(C(=O)Nc2ccccc2)nc(N(C)CCc2ccncc2)n1. The van der Waals surface area contributed by atoms with E-state index in [1.165, 1.54) is 5.56 Å². The van der Waals surface area contributed by atoms with E-state index in [-0.39, 0.29) is 5.91 Å². The minimum Gasteiger partial charge on any atom is -0.344 e. The number of rotatable bonds is 6. The number of aromatic nitrogens is 3. The van der Waals surface area contributed by atoms with Crippen molar-refractivity contribution in [3.05, 3.63) is 77.9 Å². The van der Waals surface area contributed by atoms with Crippen molar-refractivity contribution in [1.82, 2.24) is 15.0 Å². The number of aryl methyl sites for hydroxylation is 1. The van der Waals surface area contributed by atoms with Crippen molar-refractivity contribution in [2.24, 2.45) is 0 Å². The summed E-state index contributed by atoms with van der Waals surface area (Å²) in [5.74, 6) is 0.294. The molecule has 1 aromatic carbocycles. The molecule has 0 fully saturated rings. The molecule has 3 aromatic rings. The molecule has 1 amide bonds. The van der Waals surface area contributed by atoms with Crippen molar-refractivity contribution < 1.29 is 4.79 Å². The van der Waals surface area contributed by atoms with Crippen LogP contribution in [0.15, 0.2) is 60.9 Å². The van der Waals surface area contributed by atoms with Crippen molar-refractivity contribution in [2.75, 3.05) is 23.8 Å². The first-order chi connectivity index (χ1) is 12.6. The van der Waals surface area contributed by atoms with Crippen LogP contribution in [0.5, 0.6) is 0 Å². The number of nitrogens with zero attached hydrogens (tertiary/aromatic N) is 4. The first kappa shape index (κ1) is 17.5. The molecule has 0 spiro atoms. The summed E-state index contributed by atoms with van der Waals surface area (Å²) in [5.41, 5.74) is 3.04. The molecule has 6 nitrogen and oxygen atoms in total. The van der Waals surface area contributed by atoms with Crippen LogP contribution in [0.1, 0.15) is 21.7 Å². The maximum Gasteiger partial charge on any atom is 0.274 e. The summed E-state index contributed by atoms with van der Waals surface area (Å²) < 4.78 is 0. The predicted molar refractivity (Wildman–Crippen MR) is 102 cm³/mol. The van der Waals surface area contributed by atoms with Gasteiger partial charge in [-0.2, -0.15) is 0 Å². The number of carbonyl (C=O) groups excluding carboxylic acids is 1. The number of anilines is 2. The van der Waals surface area contributed by atoms with Crippen LogP contribution in [0.3, 0.4) is 0 Å². The first-order valence-electron chi connectivity index (χ1n) is 8.44. The van der Waals surface area contributed by atoms with Crippen molar-refractivity contribution in [2.45, 2.75) is 13.3 Å². The van der Waals surface area contributed by atoms with Gasteiger partial charge in [-0.3, -0.25) is 9.78 Å². The van der Waals surface area contributed by atoms with Gasteiger partial charge in [0.2, 0.25) is 5.95 Å². The van der Waals surface area contributed by atoms with E-state index in [0.717, 1.165) is 24.3 Å². The van der Waals surface area contributed by atoms with E-state index in [2.05, 4.69) is 20.3 Å². The Kier molecular flexibility index (Phi) is 5.53. The number of pyridine rings is 1. The summed E-state index contributed by atoms with van der Waals surface area (Å²) >= 11 is 0. The fourth-order valence-corrected chi connectivity index (χ4v) is 2.50. The molecule has 26 heavy (non-hydrogen) atoms. The summed E-state index contributed by atoms with van der Waals surface area (Å²) in [7, 11) is 1.93. The Morgan fingerprint density at radius 1 is 1.08 bits per heavy atom. The molecule has 0 aliphatic carbocycles. The van der Waals surface area contributed by atoms with E-state index in [1.807, 2.05) is 61.3 Å². The summed E-state index contributed by atoms with van der Waals surface area (Å²) in [6, 6.07) is 15.0. The van der Waals surface area contributed by atoms with Crippen LogP contribution in [0.4, 0.5) is 11.6 Å². The molecule has 0 unspecified atom stereocenters. The number of carbonyl (C=O) groups is 1. The second kappa shape index (κ2) is 8.20. The first-order valence-corrected chi connectivity index (χ1v) is 8.44. The summed E-state index contributed by atoms with van der Waals surface area (Å²) in [6.45, 7) is 2.61. The molecule has 2 heterocycles. The maximum absolute atomic E-state index is 12.5. The minimum atomic E-state index is -0.245. The molecule has 3 rings (SSSR count). The third-order valence-electron chi connectivity index (χ3n) is 3.93. The largest absolute Gasteiger partial charge is 0.344 e. The third-order valence-corrected chi connectivity index (χ3v) is 3.93. The van der Waals surface area contributed by atoms with Gasteiger partial charge >= 0.3 is 0 Å². The van der Waals surface area contributed by atoms with E-state index >= 15 is 0 Å². The van der Waals surface area contributed by atoms with Gasteiger partial charge in [0.05, 0.1) is 0 Å². The van der Waals surface area contributed by atoms with Gasteiger partial charge < -0.3 is 10.2 Å². The number of para-hydroxylation sites is 1. The molecule has 0 aliphatic rings. The molecule has 0 bridgehead atoms. The molecule has 2 aromatic heterocycles. The van der Waals surface area contributed by atoms with E-state index in [4.69, 9.17) is 0 Å². The maximum atomic E-state index is 12.5. The zero-order valence-corrected chi connectivity index (χ0v) is 14.9. The quantitative estimate of drug-likeness (QED) is 0.742. The number of hydrogen-bond donors (Lipinski definition) is 1. The predicted octanol–water partition coefficient (Wildman–Crippen LogP) is 3.11. The number of hydrogen-bond acceptors (Lipinski definition) is 5. The van der Waals surface area contributed by atoms with Crippen molar-refractivity contribution >= 4 is 17.5 Å². The van der Waals surface area contributed by atoms with E-state index in [9.17, 15) is 4.79 Å². The Bertz CT molecular complexity index is 868. The smallest absolute Gasteiger partial charge is 0.274 e. The van der Waals surface area contributed by atoms with Crippen molar-refractivity contribution in [1.29, 1.82) is 0 Å². The Labute approximate surface area is 153 Å². The minimum absolute atomic E-state index is 0.245. The van der Waals surface area contributed by atoms with Crippen molar-refractivity contribution in [3.8, 4) is 0 Å². The molecule has 0 radical (unpaired) electrons. The number of benzene rings is 1. The van der Waals surface area contributed by atoms with Gasteiger partial charge in [-0.15, -0.1) is 0 Å². The summed E-state index contributed by atoms with van der Waals surface area (Å²) in [6.07, 6.45) is 4.41. The molecule has 132 valence electrons. The van der Waals surface area contributed by atoms with Gasteiger partial charge in [0.1, 0.15) is 5.69 Å². The lowest BCUT2D eigenvalue weighted by Gasteiger charge is -2.18. The second-order valence-corrected chi connectivity index (χ2v) is 6.04.